The average Bonchev–Trinajstić information content (AvgIpc) is 2.78. The van der Waals surface area contributed by atoms with E-state index in [1.165, 1.54) is 51.4 Å². The van der Waals surface area contributed by atoms with Crippen molar-refractivity contribution in [2.75, 3.05) is 11.9 Å². The van der Waals surface area contributed by atoms with Gasteiger partial charge in [-0.2, -0.15) is 4.57 Å². The predicted octanol–water partition coefficient (Wildman–Crippen LogP) is 5.26. The number of carbonyl (C=O) groups excluding carboxylic acids is 2. The maximum Gasteiger partial charge on any atom is 0.285 e. The molecule has 0 bridgehead atoms. The molecule has 0 atom stereocenters. The van der Waals surface area contributed by atoms with E-state index in [1.807, 2.05) is 30.3 Å². The van der Waals surface area contributed by atoms with Crippen LogP contribution in [0.5, 0.6) is 0 Å². The number of hydrogen-bond donors (Lipinski definition) is 2. The summed E-state index contributed by atoms with van der Waals surface area (Å²) in [4.78, 5) is 24.6. The van der Waals surface area contributed by atoms with Crippen molar-refractivity contribution in [1.29, 1.82) is 0 Å². The molecule has 0 spiro atoms. The Morgan fingerprint density at radius 3 is 2.13 bits per heavy atom. The van der Waals surface area contributed by atoms with E-state index in [-0.39, 0.29) is 18.4 Å². The minimum Gasteiger partial charge on any atom is -0.351 e. The van der Waals surface area contributed by atoms with Crippen LogP contribution in [0.3, 0.4) is 0 Å². The van der Waals surface area contributed by atoms with E-state index in [9.17, 15) is 9.59 Å². The molecule has 2 rings (SSSR count). The van der Waals surface area contributed by atoms with E-state index >= 15 is 0 Å². The molecule has 0 aliphatic heterocycles. The average molecular weight is 425 g/mol. The molecule has 1 aromatic carbocycles. The highest BCUT2D eigenvalue weighted by Crippen LogP contribution is 2.10. The minimum absolute atomic E-state index is 0.0264. The molecule has 0 fully saturated rings. The number of pyridine rings is 1. The Hall–Kier alpha value is -2.69. The summed E-state index contributed by atoms with van der Waals surface area (Å²) in [5.41, 5.74) is 1.27. The molecule has 2 aromatic rings. The molecular formula is C26H38N3O2+. The second-order valence-corrected chi connectivity index (χ2v) is 8.12. The van der Waals surface area contributed by atoms with Gasteiger partial charge in [0.1, 0.15) is 5.56 Å². The summed E-state index contributed by atoms with van der Waals surface area (Å²) in [6.45, 7) is 3.18. The number of hydrogen-bond acceptors (Lipinski definition) is 2. The van der Waals surface area contributed by atoms with Gasteiger partial charge in [-0.05, 0) is 24.6 Å². The van der Waals surface area contributed by atoms with Crippen molar-refractivity contribution in [1.82, 2.24) is 5.32 Å². The number of para-hydroxylation sites is 1. The Bertz CT molecular complexity index is 777. The number of unbranched alkanes of at least 4 members (excludes halogenated alkanes) is 9. The Balaban J connectivity index is 1.60. The number of anilines is 1. The maximum atomic E-state index is 12.4. The fourth-order valence-corrected chi connectivity index (χ4v) is 3.54. The second kappa shape index (κ2) is 15.2. The first-order chi connectivity index (χ1) is 15.2. The van der Waals surface area contributed by atoms with Crippen LogP contribution in [0, 0.1) is 0 Å². The van der Waals surface area contributed by atoms with Crippen molar-refractivity contribution in [3.8, 4) is 0 Å². The number of rotatable bonds is 15. The van der Waals surface area contributed by atoms with Gasteiger partial charge in [0.05, 0.1) is 0 Å². The number of amides is 2. The lowest BCUT2D eigenvalue weighted by Gasteiger charge is -2.05. The lowest BCUT2D eigenvalue weighted by atomic mass is 10.1. The van der Waals surface area contributed by atoms with Crippen molar-refractivity contribution < 1.29 is 14.2 Å². The summed E-state index contributed by atoms with van der Waals surface area (Å²) >= 11 is 0. The van der Waals surface area contributed by atoms with Crippen molar-refractivity contribution in [3.63, 3.8) is 0 Å². The number of benzene rings is 1. The third kappa shape index (κ3) is 10.8. The summed E-state index contributed by atoms with van der Waals surface area (Å²) in [5.74, 6) is -0.215. The summed E-state index contributed by atoms with van der Waals surface area (Å²) in [6, 6.07) is 12.9. The van der Waals surface area contributed by atoms with Crippen LogP contribution in [0.15, 0.2) is 54.9 Å². The molecule has 1 aromatic heterocycles. The number of nitrogens with zero attached hydrogens (tertiary/aromatic N) is 1. The van der Waals surface area contributed by atoms with Crippen molar-refractivity contribution >= 4 is 17.5 Å². The first-order valence-corrected chi connectivity index (χ1v) is 11.8. The highest BCUT2D eigenvalue weighted by molar-refractivity contribution is 6.03. The van der Waals surface area contributed by atoms with E-state index in [0.717, 1.165) is 18.5 Å². The third-order valence-corrected chi connectivity index (χ3v) is 5.33. The number of aromatic nitrogens is 1. The summed E-state index contributed by atoms with van der Waals surface area (Å²) in [5, 5.41) is 5.85. The fraction of sp³-hybridized carbons (Fsp3) is 0.500. The maximum absolute atomic E-state index is 12.4. The van der Waals surface area contributed by atoms with Gasteiger partial charge in [0.25, 0.3) is 11.8 Å². The Kier molecular flexibility index (Phi) is 12.0. The van der Waals surface area contributed by atoms with Gasteiger partial charge in [0.2, 0.25) is 6.54 Å². The molecule has 1 heterocycles. The molecule has 0 saturated heterocycles. The monoisotopic (exact) mass is 424 g/mol. The van der Waals surface area contributed by atoms with Gasteiger partial charge >= 0.3 is 0 Å². The number of carbonyl (C=O) groups is 2. The van der Waals surface area contributed by atoms with Gasteiger partial charge in [-0.25, -0.2) is 0 Å². The summed E-state index contributed by atoms with van der Waals surface area (Å²) in [7, 11) is 0. The quantitative estimate of drug-likeness (QED) is 0.302. The smallest absolute Gasteiger partial charge is 0.285 e. The highest BCUT2D eigenvalue weighted by atomic mass is 16.2. The Morgan fingerprint density at radius 1 is 0.806 bits per heavy atom. The standard InChI is InChI=1S/C26H37N3O2/c1-2-3-4-5-6-7-8-9-10-14-19-27-25(30)22-29-20-15-16-23(21-29)26(31)28-24-17-12-11-13-18-24/h11-13,15-18,20-21H,2-10,14,19,22H2,1H3,(H-,27,28,30,31)/p+1. The van der Waals surface area contributed by atoms with Crippen LogP contribution in [0.25, 0.3) is 0 Å². The van der Waals surface area contributed by atoms with Crippen molar-refractivity contribution in [3.05, 3.63) is 60.4 Å². The van der Waals surface area contributed by atoms with E-state index in [1.54, 1.807) is 29.1 Å². The normalized spacial score (nSPS) is 10.6. The van der Waals surface area contributed by atoms with Gasteiger partial charge in [0, 0.05) is 18.3 Å². The van der Waals surface area contributed by atoms with Crippen molar-refractivity contribution in [2.24, 2.45) is 0 Å². The van der Waals surface area contributed by atoms with Crippen LogP contribution in [-0.4, -0.2) is 18.4 Å². The van der Waals surface area contributed by atoms with Crippen LogP contribution < -0.4 is 15.2 Å². The molecule has 0 aliphatic rings. The molecule has 0 aliphatic carbocycles. The zero-order valence-electron chi connectivity index (χ0n) is 18.9. The topological polar surface area (TPSA) is 62.1 Å². The van der Waals surface area contributed by atoms with Crippen LogP contribution >= 0.6 is 0 Å². The molecule has 31 heavy (non-hydrogen) atoms. The van der Waals surface area contributed by atoms with Gasteiger partial charge in [0.15, 0.2) is 12.4 Å². The summed E-state index contributed by atoms with van der Waals surface area (Å²) in [6.07, 6.45) is 16.4. The van der Waals surface area contributed by atoms with E-state index in [4.69, 9.17) is 0 Å². The van der Waals surface area contributed by atoms with E-state index in [0.29, 0.717) is 12.1 Å². The SMILES string of the molecule is CCCCCCCCCCCCNC(=O)C[n+]1cccc(C(=O)Nc2ccccc2)c1. The molecular weight excluding hydrogens is 386 g/mol. The van der Waals surface area contributed by atoms with Gasteiger partial charge in [-0.1, -0.05) is 82.9 Å². The zero-order chi connectivity index (χ0) is 22.2. The number of nitrogens with one attached hydrogen (secondary N) is 2. The molecule has 0 saturated carbocycles. The molecule has 5 heteroatoms. The largest absolute Gasteiger partial charge is 0.351 e. The highest BCUT2D eigenvalue weighted by Gasteiger charge is 2.13. The minimum atomic E-state index is -0.189. The molecule has 0 radical (unpaired) electrons. The molecule has 168 valence electrons. The van der Waals surface area contributed by atoms with E-state index in [2.05, 4.69) is 17.6 Å². The lowest BCUT2D eigenvalue weighted by molar-refractivity contribution is -0.684. The third-order valence-electron chi connectivity index (χ3n) is 5.33. The van der Waals surface area contributed by atoms with Crippen LogP contribution in [0.2, 0.25) is 0 Å². The predicted molar refractivity (Wildman–Crippen MR) is 126 cm³/mol. The second-order valence-electron chi connectivity index (χ2n) is 8.12. The lowest BCUT2D eigenvalue weighted by Crippen LogP contribution is -2.43. The summed E-state index contributed by atoms with van der Waals surface area (Å²) < 4.78 is 1.74. The van der Waals surface area contributed by atoms with Crippen LogP contribution in [-0.2, 0) is 11.3 Å². The van der Waals surface area contributed by atoms with Crippen LogP contribution in [0.1, 0.15) is 81.5 Å². The first-order valence-electron chi connectivity index (χ1n) is 11.8. The molecule has 0 unspecified atom stereocenters. The molecule has 5 nitrogen and oxygen atoms in total. The van der Waals surface area contributed by atoms with E-state index < -0.39 is 0 Å². The van der Waals surface area contributed by atoms with Crippen molar-refractivity contribution in [2.45, 2.75) is 77.7 Å². The van der Waals surface area contributed by atoms with Gasteiger partial charge < -0.3 is 10.6 Å². The molecule has 2 amide bonds. The molecule has 2 N–H and O–H groups in total. The first kappa shape index (κ1) is 24.6. The van der Waals surface area contributed by atoms with Gasteiger partial charge in [-0.15, -0.1) is 0 Å². The van der Waals surface area contributed by atoms with Gasteiger partial charge in [-0.3, -0.25) is 9.59 Å². The Morgan fingerprint density at radius 2 is 1.45 bits per heavy atom. The van der Waals surface area contributed by atoms with Crippen LogP contribution in [0.4, 0.5) is 5.69 Å². The fourth-order valence-electron chi connectivity index (χ4n) is 3.54. The zero-order valence-corrected chi connectivity index (χ0v) is 18.9. The Labute approximate surface area is 187 Å².